The van der Waals surface area contributed by atoms with Crippen molar-refractivity contribution >= 4 is 38.9 Å². The van der Waals surface area contributed by atoms with Crippen LogP contribution in [-0.4, -0.2) is 33.7 Å². The molecule has 0 aromatic heterocycles. The third-order valence-electron chi connectivity index (χ3n) is 3.84. The number of nitrogens with one attached hydrogen (secondary N) is 1. The zero-order valence-electron chi connectivity index (χ0n) is 15.0. The molecule has 2 rings (SSSR count). The molecule has 0 aliphatic heterocycles. The first-order valence-corrected chi connectivity index (χ1v) is 10.1. The fourth-order valence-corrected chi connectivity index (χ4v) is 3.95. The number of hydrogen-bond donors (Lipinski definition) is 1. The molecule has 2 aromatic carbocycles. The number of aryl methyl sites for hydroxylation is 1. The second-order valence-corrected chi connectivity index (χ2v) is 8.18. The van der Waals surface area contributed by atoms with Crippen molar-refractivity contribution in [3.63, 3.8) is 0 Å². The summed E-state index contributed by atoms with van der Waals surface area (Å²) in [6.07, 6.45) is 1.06. The number of ether oxygens (including phenoxy) is 1. The third kappa shape index (κ3) is 4.68. The van der Waals surface area contributed by atoms with E-state index in [0.29, 0.717) is 22.1 Å². The Kier molecular flexibility index (Phi) is 6.15. The molecule has 26 heavy (non-hydrogen) atoms. The predicted octanol–water partition coefficient (Wildman–Crippen LogP) is 3.45. The summed E-state index contributed by atoms with van der Waals surface area (Å²) in [5, 5.41) is 3.31. The van der Waals surface area contributed by atoms with Gasteiger partial charge in [0, 0.05) is 16.8 Å². The number of nitrogens with zero attached hydrogens (tertiary/aromatic N) is 1. The zero-order valence-corrected chi connectivity index (χ0v) is 16.6. The number of amides is 1. The van der Waals surface area contributed by atoms with Gasteiger partial charge in [-0.25, -0.2) is 8.42 Å². The molecule has 1 unspecified atom stereocenters. The number of benzene rings is 2. The normalized spacial score (nSPS) is 12.3. The summed E-state index contributed by atoms with van der Waals surface area (Å²) in [5.74, 6) is 0.0426. The molecule has 8 heteroatoms. The highest BCUT2D eigenvalue weighted by Gasteiger charge is 2.29. The van der Waals surface area contributed by atoms with Gasteiger partial charge in [-0.3, -0.25) is 9.10 Å². The minimum absolute atomic E-state index is 0.349. The summed E-state index contributed by atoms with van der Waals surface area (Å²) >= 11 is 5.92. The van der Waals surface area contributed by atoms with Crippen molar-refractivity contribution in [3.05, 3.63) is 53.1 Å². The van der Waals surface area contributed by atoms with E-state index in [1.807, 2.05) is 6.92 Å². The lowest BCUT2D eigenvalue weighted by atomic mass is 10.2. The number of rotatable bonds is 6. The molecule has 1 atom stereocenters. The first kappa shape index (κ1) is 20.1. The van der Waals surface area contributed by atoms with Gasteiger partial charge in [0.2, 0.25) is 15.9 Å². The Bertz CT molecular complexity index is 915. The number of carbonyl (C=O) groups excluding carboxylic acids is 1. The fourth-order valence-electron chi connectivity index (χ4n) is 2.56. The molecule has 0 heterocycles. The van der Waals surface area contributed by atoms with Gasteiger partial charge < -0.3 is 10.1 Å². The molecule has 2 aromatic rings. The maximum atomic E-state index is 12.7. The highest BCUT2D eigenvalue weighted by atomic mass is 35.5. The van der Waals surface area contributed by atoms with E-state index in [0.717, 1.165) is 16.1 Å². The molecule has 1 amide bonds. The highest BCUT2D eigenvalue weighted by molar-refractivity contribution is 7.92. The quantitative estimate of drug-likeness (QED) is 0.811. The molecule has 0 fully saturated rings. The number of methoxy groups -OCH3 is 1. The lowest BCUT2D eigenvalue weighted by Gasteiger charge is -2.28. The van der Waals surface area contributed by atoms with Crippen molar-refractivity contribution in [1.29, 1.82) is 0 Å². The average Bonchev–Trinajstić information content (AvgIpc) is 2.56. The topological polar surface area (TPSA) is 75.7 Å². The van der Waals surface area contributed by atoms with E-state index >= 15 is 0 Å². The van der Waals surface area contributed by atoms with E-state index in [2.05, 4.69) is 5.32 Å². The van der Waals surface area contributed by atoms with E-state index in [-0.39, 0.29) is 0 Å². The molecule has 0 saturated carbocycles. The minimum Gasteiger partial charge on any atom is -0.497 e. The van der Waals surface area contributed by atoms with Crippen LogP contribution in [0.4, 0.5) is 11.4 Å². The number of hydrogen-bond acceptors (Lipinski definition) is 4. The Morgan fingerprint density at radius 1 is 1.23 bits per heavy atom. The van der Waals surface area contributed by atoms with E-state index in [9.17, 15) is 13.2 Å². The van der Waals surface area contributed by atoms with Crippen LogP contribution < -0.4 is 14.4 Å². The van der Waals surface area contributed by atoms with E-state index in [4.69, 9.17) is 16.3 Å². The van der Waals surface area contributed by atoms with Gasteiger partial charge in [0.1, 0.15) is 11.8 Å². The predicted molar refractivity (Wildman–Crippen MR) is 105 cm³/mol. The fraction of sp³-hybridized carbons (Fsp3) is 0.278. The van der Waals surface area contributed by atoms with Crippen molar-refractivity contribution in [3.8, 4) is 5.75 Å². The maximum Gasteiger partial charge on any atom is 0.248 e. The van der Waals surface area contributed by atoms with Gasteiger partial charge in [-0.15, -0.1) is 0 Å². The van der Waals surface area contributed by atoms with Gasteiger partial charge in [-0.05, 0) is 49.7 Å². The van der Waals surface area contributed by atoms with E-state index in [1.165, 1.54) is 14.0 Å². The third-order valence-corrected chi connectivity index (χ3v) is 5.32. The monoisotopic (exact) mass is 396 g/mol. The Labute approximate surface area is 158 Å². The summed E-state index contributed by atoms with van der Waals surface area (Å²) in [5.41, 5.74) is 1.71. The number of anilines is 2. The summed E-state index contributed by atoms with van der Waals surface area (Å²) in [6.45, 7) is 3.34. The van der Waals surface area contributed by atoms with Crippen LogP contribution in [0.25, 0.3) is 0 Å². The highest BCUT2D eigenvalue weighted by Crippen LogP contribution is 2.26. The van der Waals surface area contributed by atoms with Crippen LogP contribution in [0.15, 0.2) is 42.5 Å². The van der Waals surface area contributed by atoms with Gasteiger partial charge in [-0.1, -0.05) is 17.7 Å². The van der Waals surface area contributed by atoms with Crippen LogP contribution in [0.1, 0.15) is 12.5 Å². The minimum atomic E-state index is -3.70. The Hall–Kier alpha value is -2.25. The first-order valence-electron chi connectivity index (χ1n) is 7.84. The zero-order chi connectivity index (χ0) is 19.5. The Morgan fingerprint density at radius 3 is 2.50 bits per heavy atom. The van der Waals surface area contributed by atoms with E-state index in [1.54, 1.807) is 42.5 Å². The summed E-state index contributed by atoms with van der Waals surface area (Å²) in [4.78, 5) is 12.7. The SMILES string of the molecule is COc1cccc(N(C(C)C(=O)Nc2ccc(Cl)cc2C)S(C)(=O)=O)c1. The average molecular weight is 397 g/mol. The number of sulfonamides is 1. The number of carbonyl (C=O) groups is 1. The molecule has 0 spiro atoms. The van der Waals surface area contributed by atoms with Crippen molar-refractivity contribution in [2.45, 2.75) is 19.9 Å². The molecule has 0 saturated heterocycles. The molecule has 0 bridgehead atoms. The molecule has 0 aliphatic carbocycles. The first-order chi connectivity index (χ1) is 12.1. The van der Waals surface area contributed by atoms with Crippen molar-refractivity contribution in [2.24, 2.45) is 0 Å². The molecule has 1 N–H and O–H groups in total. The molecule has 0 aliphatic rings. The standard InChI is InChI=1S/C18H21ClN2O4S/c1-12-10-14(19)8-9-17(12)20-18(22)13(2)21(26(4,23)24)15-6-5-7-16(11-15)25-3/h5-11,13H,1-4H3,(H,20,22). The van der Waals surface area contributed by atoms with Crippen molar-refractivity contribution < 1.29 is 17.9 Å². The summed E-state index contributed by atoms with van der Waals surface area (Å²) < 4.78 is 30.9. The van der Waals surface area contributed by atoms with Gasteiger partial charge in [0.25, 0.3) is 0 Å². The van der Waals surface area contributed by atoms with Crippen molar-refractivity contribution in [1.82, 2.24) is 0 Å². The molecule has 0 radical (unpaired) electrons. The Morgan fingerprint density at radius 2 is 1.92 bits per heavy atom. The van der Waals surface area contributed by atoms with Gasteiger partial charge in [-0.2, -0.15) is 0 Å². The van der Waals surface area contributed by atoms with Crippen LogP contribution in [0.2, 0.25) is 5.02 Å². The van der Waals surface area contributed by atoms with Crippen LogP contribution in [0.3, 0.4) is 0 Å². The largest absolute Gasteiger partial charge is 0.497 e. The van der Waals surface area contributed by atoms with Crippen molar-refractivity contribution in [2.75, 3.05) is 23.0 Å². The second kappa shape index (κ2) is 7.97. The van der Waals surface area contributed by atoms with Crippen LogP contribution in [0, 0.1) is 6.92 Å². The summed E-state index contributed by atoms with van der Waals surface area (Å²) in [7, 11) is -2.21. The summed E-state index contributed by atoms with van der Waals surface area (Å²) in [6, 6.07) is 10.6. The molecule has 140 valence electrons. The second-order valence-electron chi connectivity index (χ2n) is 5.88. The van der Waals surface area contributed by atoms with Crippen LogP contribution in [0.5, 0.6) is 5.75 Å². The maximum absolute atomic E-state index is 12.7. The molecule has 6 nitrogen and oxygen atoms in total. The van der Waals surface area contributed by atoms with Gasteiger partial charge in [0.05, 0.1) is 19.1 Å². The lowest BCUT2D eigenvalue weighted by molar-refractivity contribution is -0.116. The molecular weight excluding hydrogens is 376 g/mol. The van der Waals surface area contributed by atoms with Gasteiger partial charge >= 0.3 is 0 Å². The van der Waals surface area contributed by atoms with Crippen LogP contribution in [-0.2, 0) is 14.8 Å². The smallest absolute Gasteiger partial charge is 0.248 e. The Balaban J connectivity index is 2.34. The molecular formula is C18H21ClN2O4S. The lowest BCUT2D eigenvalue weighted by Crippen LogP contribution is -2.45. The van der Waals surface area contributed by atoms with Gasteiger partial charge in [0.15, 0.2) is 0 Å². The van der Waals surface area contributed by atoms with Crippen LogP contribution >= 0.6 is 11.6 Å². The van der Waals surface area contributed by atoms with E-state index < -0.39 is 22.0 Å². The number of halogens is 1.